The van der Waals surface area contributed by atoms with E-state index < -0.39 is 10.0 Å². The summed E-state index contributed by atoms with van der Waals surface area (Å²) in [6, 6.07) is 3.70. The number of sulfonamides is 1. The Kier molecular flexibility index (Phi) is 4.08. The second kappa shape index (κ2) is 5.26. The monoisotopic (exact) mass is 289 g/mol. The smallest absolute Gasteiger partial charge is 0.252 e. The van der Waals surface area contributed by atoms with Gasteiger partial charge in [0.05, 0.1) is 0 Å². The summed E-state index contributed by atoms with van der Waals surface area (Å²) in [5.41, 5.74) is 5.52. The molecule has 1 fully saturated rings. The van der Waals surface area contributed by atoms with Gasteiger partial charge in [0.25, 0.3) is 10.0 Å². The van der Waals surface area contributed by atoms with E-state index in [-0.39, 0.29) is 6.04 Å². The number of hydrogen-bond donors (Lipinski definition) is 1. The van der Waals surface area contributed by atoms with E-state index in [4.69, 9.17) is 5.73 Å². The molecule has 18 heavy (non-hydrogen) atoms. The zero-order valence-corrected chi connectivity index (χ0v) is 12.3. The Morgan fingerprint density at radius 3 is 2.72 bits per heavy atom. The zero-order valence-electron chi connectivity index (χ0n) is 10.7. The van der Waals surface area contributed by atoms with Gasteiger partial charge in [0.15, 0.2) is 0 Å². The van der Waals surface area contributed by atoms with Crippen molar-refractivity contribution in [1.82, 2.24) is 9.21 Å². The van der Waals surface area contributed by atoms with E-state index in [9.17, 15) is 8.42 Å². The summed E-state index contributed by atoms with van der Waals surface area (Å²) >= 11 is 1.27. The van der Waals surface area contributed by atoms with Gasteiger partial charge in [-0.25, -0.2) is 8.42 Å². The first kappa shape index (κ1) is 14.0. The lowest BCUT2D eigenvalue weighted by molar-refractivity contribution is 0.160. The SMILES string of the molecule is CC1CN(S(=O)(=O)c2ccc(CN)s2)CCN1C. The minimum Gasteiger partial charge on any atom is -0.326 e. The van der Waals surface area contributed by atoms with Gasteiger partial charge >= 0.3 is 0 Å². The van der Waals surface area contributed by atoms with Crippen LogP contribution < -0.4 is 5.73 Å². The van der Waals surface area contributed by atoms with E-state index in [1.807, 2.05) is 14.0 Å². The van der Waals surface area contributed by atoms with Crippen LogP contribution in [0.4, 0.5) is 0 Å². The Bertz CT molecular complexity index is 512. The molecule has 1 unspecified atom stereocenters. The van der Waals surface area contributed by atoms with Crippen LogP contribution in [0.2, 0.25) is 0 Å². The maximum atomic E-state index is 12.4. The van der Waals surface area contributed by atoms with Crippen molar-refractivity contribution < 1.29 is 8.42 Å². The minimum atomic E-state index is -3.34. The largest absolute Gasteiger partial charge is 0.326 e. The molecule has 1 aliphatic heterocycles. The maximum Gasteiger partial charge on any atom is 0.252 e. The first-order valence-electron chi connectivity index (χ1n) is 5.94. The fourth-order valence-corrected chi connectivity index (χ4v) is 4.87. The highest BCUT2D eigenvalue weighted by molar-refractivity contribution is 7.91. The van der Waals surface area contributed by atoms with Gasteiger partial charge in [-0.2, -0.15) is 4.31 Å². The lowest BCUT2D eigenvalue weighted by Crippen LogP contribution is -2.51. The molecule has 2 heterocycles. The van der Waals surface area contributed by atoms with E-state index in [0.29, 0.717) is 23.8 Å². The highest BCUT2D eigenvalue weighted by Crippen LogP contribution is 2.26. The second-order valence-corrected chi connectivity index (χ2v) is 7.95. The van der Waals surface area contributed by atoms with Crippen molar-refractivity contribution in [2.24, 2.45) is 5.73 Å². The van der Waals surface area contributed by atoms with Crippen LogP contribution in [0.25, 0.3) is 0 Å². The van der Waals surface area contributed by atoms with E-state index in [1.165, 1.54) is 11.3 Å². The molecule has 0 bridgehead atoms. The molecular formula is C11H19N3O2S2. The van der Waals surface area contributed by atoms with Crippen molar-refractivity contribution in [3.8, 4) is 0 Å². The van der Waals surface area contributed by atoms with E-state index in [2.05, 4.69) is 4.90 Å². The molecule has 1 aromatic rings. The molecule has 2 rings (SSSR count). The molecule has 0 spiro atoms. The van der Waals surface area contributed by atoms with Gasteiger partial charge in [0.2, 0.25) is 0 Å². The van der Waals surface area contributed by atoms with Gasteiger partial charge in [0.1, 0.15) is 4.21 Å². The third-order valence-corrected chi connectivity index (χ3v) is 6.79. The first-order chi connectivity index (χ1) is 8.45. The van der Waals surface area contributed by atoms with Crippen LogP contribution in [-0.4, -0.2) is 50.3 Å². The Morgan fingerprint density at radius 2 is 2.17 bits per heavy atom. The van der Waals surface area contributed by atoms with Crippen molar-refractivity contribution in [3.05, 3.63) is 17.0 Å². The van der Waals surface area contributed by atoms with Crippen molar-refractivity contribution in [3.63, 3.8) is 0 Å². The average molecular weight is 289 g/mol. The number of likely N-dealkylation sites (N-methyl/N-ethyl adjacent to an activating group) is 1. The maximum absolute atomic E-state index is 12.4. The van der Waals surface area contributed by atoms with Crippen LogP contribution >= 0.6 is 11.3 Å². The summed E-state index contributed by atoms with van der Waals surface area (Å²) in [7, 11) is -1.32. The van der Waals surface area contributed by atoms with Crippen LogP contribution in [-0.2, 0) is 16.6 Å². The number of nitrogens with zero attached hydrogens (tertiary/aromatic N) is 2. The van der Waals surface area contributed by atoms with E-state index >= 15 is 0 Å². The summed E-state index contributed by atoms with van der Waals surface area (Å²) in [6.45, 7) is 4.31. The molecule has 1 atom stereocenters. The Balaban J connectivity index is 2.21. The van der Waals surface area contributed by atoms with Crippen molar-refractivity contribution in [2.75, 3.05) is 26.7 Å². The third kappa shape index (κ3) is 2.60. The fraction of sp³-hybridized carbons (Fsp3) is 0.636. The molecule has 0 aliphatic carbocycles. The molecule has 0 aromatic carbocycles. The molecule has 0 saturated carbocycles. The molecule has 5 nitrogen and oxygen atoms in total. The Labute approximate surface area is 112 Å². The number of nitrogens with two attached hydrogens (primary N) is 1. The Hall–Kier alpha value is -0.470. The summed E-state index contributed by atoms with van der Waals surface area (Å²) in [5, 5.41) is 0. The van der Waals surface area contributed by atoms with Gasteiger partial charge < -0.3 is 10.6 Å². The molecule has 102 valence electrons. The number of hydrogen-bond acceptors (Lipinski definition) is 5. The summed E-state index contributed by atoms with van der Waals surface area (Å²) < 4.78 is 26.9. The Morgan fingerprint density at radius 1 is 1.44 bits per heavy atom. The number of rotatable bonds is 3. The van der Waals surface area contributed by atoms with Gasteiger partial charge in [-0.05, 0) is 26.1 Å². The number of piperazine rings is 1. The summed E-state index contributed by atoms with van der Waals surface area (Å²) in [4.78, 5) is 3.07. The predicted octanol–water partition coefficient (Wildman–Crippen LogP) is 0.531. The van der Waals surface area contributed by atoms with Crippen LogP contribution in [0.5, 0.6) is 0 Å². The van der Waals surface area contributed by atoms with Crippen molar-refractivity contribution in [1.29, 1.82) is 0 Å². The molecule has 0 amide bonds. The second-order valence-electron chi connectivity index (χ2n) is 4.62. The quantitative estimate of drug-likeness (QED) is 0.881. The lowest BCUT2D eigenvalue weighted by Gasteiger charge is -2.36. The third-order valence-electron chi connectivity index (χ3n) is 3.35. The lowest BCUT2D eigenvalue weighted by atomic mass is 10.2. The summed E-state index contributed by atoms with van der Waals surface area (Å²) in [6.07, 6.45) is 0. The van der Waals surface area contributed by atoms with E-state index in [0.717, 1.165) is 11.4 Å². The molecule has 2 N–H and O–H groups in total. The molecular weight excluding hydrogens is 270 g/mol. The number of thiophene rings is 1. The zero-order chi connectivity index (χ0) is 13.3. The van der Waals surface area contributed by atoms with Gasteiger partial charge in [-0.15, -0.1) is 11.3 Å². The molecule has 1 saturated heterocycles. The molecule has 7 heteroatoms. The van der Waals surface area contributed by atoms with Crippen LogP contribution in [0.15, 0.2) is 16.3 Å². The van der Waals surface area contributed by atoms with Gasteiger partial charge in [-0.3, -0.25) is 0 Å². The van der Waals surface area contributed by atoms with Gasteiger partial charge in [0, 0.05) is 37.1 Å². The standard InChI is InChI=1S/C11H19N3O2S2/c1-9-8-14(6-5-13(9)2)18(15,16)11-4-3-10(7-12)17-11/h3-4,9H,5-8,12H2,1-2H3. The topological polar surface area (TPSA) is 66.6 Å². The highest BCUT2D eigenvalue weighted by Gasteiger charge is 2.31. The molecule has 1 aliphatic rings. The average Bonchev–Trinajstić information content (AvgIpc) is 2.81. The van der Waals surface area contributed by atoms with Crippen molar-refractivity contribution >= 4 is 21.4 Å². The normalized spacial score (nSPS) is 23.4. The van der Waals surface area contributed by atoms with Crippen molar-refractivity contribution in [2.45, 2.75) is 23.7 Å². The van der Waals surface area contributed by atoms with Crippen LogP contribution in [0, 0.1) is 0 Å². The highest BCUT2D eigenvalue weighted by atomic mass is 32.2. The summed E-state index contributed by atoms with van der Waals surface area (Å²) in [5.74, 6) is 0. The van der Waals surface area contributed by atoms with E-state index in [1.54, 1.807) is 16.4 Å². The molecule has 1 aromatic heterocycles. The predicted molar refractivity (Wildman–Crippen MR) is 73.1 cm³/mol. The van der Waals surface area contributed by atoms with Gasteiger partial charge in [-0.1, -0.05) is 0 Å². The first-order valence-corrected chi connectivity index (χ1v) is 8.20. The molecule has 0 radical (unpaired) electrons. The minimum absolute atomic E-state index is 0.252. The van der Waals surface area contributed by atoms with Crippen LogP contribution in [0.1, 0.15) is 11.8 Å². The van der Waals surface area contributed by atoms with Crippen LogP contribution in [0.3, 0.4) is 0 Å². The fourth-order valence-electron chi connectivity index (χ4n) is 1.97.